The molecule has 19 heavy (non-hydrogen) atoms. The number of benzene rings is 1. The van der Waals surface area contributed by atoms with Gasteiger partial charge in [0.2, 0.25) is 0 Å². The number of fused-ring (bicyclic) bond motifs is 1. The maximum Gasteiger partial charge on any atom is 0.347 e. The molecule has 2 N–H and O–H groups in total. The minimum atomic E-state index is -0.306. The number of hydrogen-bond donors (Lipinski definition) is 2. The van der Waals surface area contributed by atoms with Crippen LogP contribution in [0.5, 0.6) is 0 Å². The average Bonchev–Trinajstić information content (AvgIpc) is 2.85. The van der Waals surface area contributed by atoms with E-state index in [4.69, 9.17) is 0 Å². The molecule has 0 spiro atoms. The van der Waals surface area contributed by atoms with Gasteiger partial charge in [-0.15, -0.1) is 0 Å². The number of hydrogen-bond acceptors (Lipinski definition) is 4. The molecule has 0 aliphatic carbocycles. The van der Waals surface area contributed by atoms with E-state index in [0.717, 1.165) is 41.3 Å². The van der Waals surface area contributed by atoms with Gasteiger partial charge >= 0.3 is 5.69 Å². The van der Waals surface area contributed by atoms with Crippen LogP contribution in [-0.2, 0) is 6.42 Å². The lowest BCUT2D eigenvalue weighted by atomic mass is 10.1. The first-order valence-electron chi connectivity index (χ1n) is 6.30. The van der Waals surface area contributed by atoms with Crippen LogP contribution in [0.15, 0.2) is 29.1 Å². The van der Waals surface area contributed by atoms with Crippen molar-refractivity contribution in [1.82, 2.24) is 9.97 Å². The lowest BCUT2D eigenvalue weighted by Crippen LogP contribution is -2.13. The van der Waals surface area contributed by atoms with E-state index in [0.29, 0.717) is 0 Å². The van der Waals surface area contributed by atoms with Crippen LogP contribution in [0, 0.1) is 0 Å². The molecule has 5 nitrogen and oxygen atoms in total. The summed E-state index contributed by atoms with van der Waals surface area (Å²) in [6, 6.07) is 8.14. The zero-order valence-corrected chi connectivity index (χ0v) is 11.0. The van der Waals surface area contributed by atoms with Gasteiger partial charge in [-0.2, -0.15) is 4.98 Å². The Balaban J connectivity index is 2.09. The predicted molar refractivity (Wildman–Crippen MR) is 76.8 cm³/mol. The number of nitrogens with one attached hydrogen (secondary N) is 2. The summed E-state index contributed by atoms with van der Waals surface area (Å²) >= 11 is 0. The van der Waals surface area contributed by atoms with Crippen molar-refractivity contribution in [3.63, 3.8) is 0 Å². The first kappa shape index (κ1) is 11.8. The molecule has 0 fully saturated rings. The minimum Gasteiger partial charge on any atom is -0.378 e. The molecule has 1 aliphatic rings. The zero-order valence-electron chi connectivity index (χ0n) is 11.0. The molecule has 0 saturated heterocycles. The first-order chi connectivity index (χ1) is 9.15. The summed E-state index contributed by atoms with van der Waals surface area (Å²) in [5.74, 6) is 0.718. The van der Waals surface area contributed by atoms with Crippen LogP contribution in [-0.4, -0.2) is 30.6 Å². The number of aromatic nitrogens is 2. The van der Waals surface area contributed by atoms with Gasteiger partial charge in [0.25, 0.3) is 0 Å². The molecule has 3 rings (SSSR count). The molecule has 1 aromatic heterocycles. The van der Waals surface area contributed by atoms with Crippen molar-refractivity contribution in [2.24, 2.45) is 0 Å². The Kier molecular flexibility index (Phi) is 2.74. The average molecular weight is 256 g/mol. The van der Waals surface area contributed by atoms with Crippen molar-refractivity contribution in [2.75, 3.05) is 30.9 Å². The summed E-state index contributed by atoms with van der Waals surface area (Å²) < 4.78 is 0. The van der Waals surface area contributed by atoms with Gasteiger partial charge in [-0.05, 0) is 24.1 Å². The van der Waals surface area contributed by atoms with Crippen LogP contribution < -0.4 is 15.9 Å². The minimum absolute atomic E-state index is 0.306. The highest BCUT2D eigenvalue weighted by Crippen LogP contribution is 2.29. The van der Waals surface area contributed by atoms with Crippen LogP contribution in [0.1, 0.15) is 5.56 Å². The Bertz CT molecular complexity index is 658. The summed E-state index contributed by atoms with van der Waals surface area (Å²) in [5.41, 5.74) is 3.82. The summed E-state index contributed by atoms with van der Waals surface area (Å²) in [6.07, 6.45) is 0.893. The standard InChI is InChI=1S/C14H16N4O/c1-18(2)10-5-3-9(4-6-10)12-11-7-8-15-13(11)17-14(19)16-12/h3-6H,7-8H2,1-2H3,(H2,15,16,17,19). The molecule has 1 aliphatic heterocycles. The number of H-pyrrole nitrogens is 1. The van der Waals surface area contributed by atoms with E-state index in [1.807, 2.05) is 43.3 Å². The van der Waals surface area contributed by atoms with Crippen molar-refractivity contribution >= 4 is 11.5 Å². The summed E-state index contributed by atoms with van der Waals surface area (Å²) in [7, 11) is 4.01. The molecule has 1 aromatic carbocycles. The van der Waals surface area contributed by atoms with E-state index >= 15 is 0 Å². The van der Waals surface area contributed by atoms with Crippen LogP contribution in [0.3, 0.4) is 0 Å². The maximum atomic E-state index is 11.6. The quantitative estimate of drug-likeness (QED) is 0.854. The van der Waals surface area contributed by atoms with Gasteiger partial charge in [0.1, 0.15) is 5.82 Å². The topological polar surface area (TPSA) is 61.0 Å². The van der Waals surface area contributed by atoms with Gasteiger partial charge < -0.3 is 15.2 Å². The number of aromatic amines is 1. The number of nitrogens with zero attached hydrogens (tertiary/aromatic N) is 2. The van der Waals surface area contributed by atoms with E-state index in [-0.39, 0.29) is 5.69 Å². The fraction of sp³-hybridized carbons (Fsp3) is 0.286. The van der Waals surface area contributed by atoms with Gasteiger partial charge in [-0.25, -0.2) is 4.79 Å². The fourth-order valence-corrected chi connectivity index (χ4v) is 2.37. The highest BCUT2D eigenvalue weighted by molar-refractivity contribution is 5.71. The highest BCUT2D eigenvalue weighted by atomic mass is 16.1. The van der Waals surface area contributed by atoms with Gasteiger partial charge in [0.05, 0.1) is 5.69 Å². The van der Waals surface area contributed by atoms with Crippen molar-refractivity contribution in [3.8, 4) is 11.3 Å². The van der Waals surface area contributed by atoms with Crippen molar-refractivity contribution in [2.45, 2.75) is 6.42 Å². The monoisotopic (exact) mass is 256 g/mol. The molecule has 98 valence electrons. The fourth-order valence-electron chi connectivity index (χ4n) is 2.37. The highest BCUT2D eigenvalue weighted by Gasteiger charge is 2.18. The predicted octanol–water partition coefficient (Wildman–Crippen LogP) is 1.47. The van der Waals surface area contributed by atoms with Gasteiger partial charge in [-0.3, -0.25) is 0 Å². The summed E-state index contributed by atoms with van der Waals surface area (Å²) in [4.78, 5) is 20.4. The summed E-state index contributed by atoms with van der Waals surface area (Å²) in [5, 5.41) is 3.14. The molecule has 0 atom stereocenters. The van der Waals surface area contributed by atoms with Crippen molar-refractivity contribution in [1.29, 1.82) is 0 Å². The Morgan fingerprint density at radius 1 is 1.21 bits per heavy atom. The lowest BCUT2D eigenvalue weighted by Gasteiger charge is -2.13. The maximum absolute atomic E-state index is 11.6. The van der Waals surface area contributed by atoms with Gasteiger partial charge in [-0.1, -0.05) is 12.1 Å². The number of rotatable bonds is 2. The van der Waals surface area contributed by atoms with E-state index < -0.39 is 0 Å². The third kappa shape index (κ3) is 2.07. The molecule has 0 saturated carbocycles. The van der Waals surface area contributed by atoms with Crippen molar-refractivity contribution in [3.05, 3.63) is 40.3 Å². The molecule has 0 bridgehead atoms. The Morgan fingerprint density at radius 2 is 1.95 bits per heavy atom. The molecular formula is C14H16N4O. The third-order valence-electron chi connectivity index (χ3n) is 3.37. The normalized spacial score (nSPS) is 12.9. The third-order valence-corrected chi connectivity index (χ3v) is 3.37. The molecular weight excluding hydrogens is 240 g/mol. The van der Waals surface area contributed by atoms with Crippen LogP contribution >= 0.6 is 0 Å². The van der Waals surface area contributed by atoms with Crippen molar-refractivity contribution < 1.29 is 0 Å². The zero-order chi connectivity index (χ0) is 13.4. The lowest BCUT2D eigenvalue weighted by molar-refractivity contribution is 1.06. The van der Waals surface area contributed by atoms with E-state index in [9.17, 15) is 4.79 Å². The van der Waals surface area contributed by atoms with Crippen LogP contribution in [0.4, 0.5) is 11.5 Å². The second-order valence-corrected chi connectivity index (χ2v) is 4.86. The molecule has 0 unspecified atom stereocenters. The van der Waals surface area contributed by atoms with Crippen LogP contribution in [0.25, 0.3) is 11.3 Å². The molecule has 0 radical (unpaired) electrons. The Hall–Kier alpha value is -2.30. The molecule has 2 aromatic rings. The van der Waals surface area contributed by atoms with E-state index in [2.05, 4.69) is 15.3 Å². The van der Waals surface area contributed by atoms with Crippen LogP contribution in [0.2, 0.25) is 0 Å². The Morgan fingerprint density at radius 3 is 2.63 bits per heavy atom. The van der Waals surface area contributed by atoms with E-state index in [1.165, 1.54) is 0 Å². The molecule has 2 heterocycles. The van der Waals surface area contributed by atoms with Gasteiger partial charge in [0.15, 0.2) is 0 Å². The second kappa shape index (κ2) is 4.42. The number of anilines is 2. The van der Waals surface area contributed by atoms with E-state index in [1.54, 1.807) is 0 Å². The van der Waals surface area contributed by atoms with Gasteiger partial charge in [0, 0.05) is 31.9 Å². The summed E-state index contributed by atoms with van der Waals surface area (Å²) in [6.45, 7) is 0.836. The SMILES string of the molecule is CN(C)c1ccc(-c2[nH]c(=O)nc3c2CCN3)cc1. The molecule has 0 amide bonds. The smallest absolute Gasteiger partial charge is 0.347 e. The Labute approximate surface area is 111 Å². The largest absolute Gasteiger partial charge is 0.378 e. The molecule has 5 heteroatoms. The second-order valence-electron chi connectivity index (χ2n) is 4.86. The first-order valence-corrected chi connectivity index (χ1v) is 6.30.